The molecule has 102 valence electrons. The Balaban J connectivity index is 1.91. The maximum Gasteiger partial charge on any atom is 0.0377 e. The summed E-state index contributed by atoms with van der Waals surface area (Å²) < 4.78 is 1.52. The van der Waals surface area contributed by atoms with Gasteiger partial charge in [0.05, 0.1) is 0 Å². The van der Waals surface area contributed by atoms with Crippen LogP contribution in [0.1, 0.15) is 44.1 Å². The van der Waals surface area contributed by atoms with Crippen molar-refractivity contribution in [2.45, 2.75) is 38.5 Å². The van der Waals surface area contributed by atoms with E-state index in [1.807, 2.05) is 11.3 Å². The highest BCUT2D eigenvalue weighted by molar-refractivity contribution is 7.17. The summed E-state index contributed by atoms with van der Waals surface area (Å²) in [6.45, 7) is 4.48. The van der Waals surface area contributed by atoms with E-state index >= 15 is 0 Å². The average molecular weight is 273 g/mol. The second-order valence-electron chi connectivity index (χ2n) is 5.64. The third-order valence-corrected chi connectivity index (χ3v) is 5.45. The van der Waals surface area contributed by atoms with Crippen molar-refractivity contribution >= 4 is 21.4 Å². The largest absolute Gasteiger partial charge is 0.317 e. The van der Waals surface area contributed by atoms with Crippen LogP contribution in [0.25, 0.3) is 10.1 Å². The SMILES string of the molecule is CCNCC1CCCCC1c1cccc2ccsc12. The van der Waals surface area contributed by atoms with Gasteiger partial charge in [-0.3, -0.25) is 0 Å². The Morgan fingerprint density at radius 3 is 3.00 bits per heavy atom. The fourth-order valence-electron chi connectivity index (χ4n) is 3.50. The monoisotopic (exact) mass is 273 g/mol. The molecule has 0 bridgehead atoms. The maximum atomic E-state index is 3.56. The molecular formula is C17H23NS. The molecule has 2 aromatic rings. The molecule has 2 heteroatoms. The quantitative estimate of drug-likeness (QED) is 0.845. The Labute approximate surface area is 120 Å². The number of fused-ring (bicyclic) bond motifs is 1. The lowest BCUT2D eigenvalue weighted by Gasteiger charge is -2.32. The molecule has 1 aliphatic rings. The molecule has 19 heavy (non-hydrogen) atoms. The van der Waals surface area contributed by atoms with Crippen LogP contribution in [-0.2, 0) is 0 Å². The Kier molecular flexibility index (Phi) is 4.19. The fraction of sp³-hybridized carbons (Fsp3) is 0.529. The van der Waals surface area contributed by atoms with Gasteiger partial charge in [0, 0.05) is 4.70 Å². The lowest BCUT2D eigenvalue weighted by Crippen LogP contribution is -2.29. The van der Waals surface area contributed by atoms with Gasteiger partial charge in [-0.15, -0.1) is 11.3 Å². The van der Waals surface area contributed by atoms with Crippen LogP contribution < -0.4 is 5.32 Å². The average Bonchev–Trinajstić information content (AvgIpc) is 2.94. The number of nitrogens with one attached hydrogen (secondary N) is 1. The maximum absolute atomic E-state index is 3.56. The summed E-state index contributed by atoms with van der Waals surface area (Å²) in [5.41, 5.74) is 1.61. The van der Waals surface area contributed by atoms with Gasteiger partial charge in [-0.05, 0) is 60.2 Å². The van der Waals surface area contributed by atoms with Crippen molar-refractivity contribution in [2.24, 2.45) is 5.92 Å². The van der Waals surface area contributed by atoms with Crippen molar-refractivity contribution in [1.82, 2.24) is 5.32 Å². The predicted molar refractivity (Wildman–Crippen MR) is 85.1 cm³/mol. The molecule has 0 spiro atoms. The van der Waals surface area contributed by atoms with E-state index in [0.717, 1.165) is 18.4 Å². The van der Waals surface area contributed by atoms with Gasteiger partial charge in [0.25, 0.3) is 0 Å². The Morgan fingerprint density at radius 2 is 2.11 bits per heavy atom. The zero-order valence-electron chi connectivity index (χ0n) is 11.7. The molecule has 1 nitrogen and oxygen atoms in total. The highest BCUT2D eigenvalue weighted by atomic mass is 32.1. The molecular weight excluding hydrogens is 250 g/mol. The van der Waals surface area contributed by atoms with Crippen LogP contribution in [0.15, 0.2) is 29.6 Å². The van der Waals surface area contributed by atoms with Gasteiger partial charge >= 0.3 is 0 Å². The third-order valence-electron chi connectivity index (χ3n) is 4.47. The molecule has 1 saturated carbocycles. The van der Waals surface area contributed by atoms with Crippen molar-refractivity contribution in [3.63, 3.8) is 0 Å². The van der Waals surface area contributed by atoms with E-state index in [1.54, 1.807) is 5.56 Å². The first-order valence-electron chi connectivity index (χ1n) is 7.57. The van der Waals surface area contributed by atoms with Crippen molar-refractivity contribution in [2.75, 3.05) is 13.1 Å². The highest BCUT2D eigenvalue weighted by Gasteiger charge is 2.27. The molecule has 1 heterocycles. The lowest BCUT2D eigenvalue weighted by molar-refractivity contribution is 0.299. The summed E-state index contributed by atoms with van der Waals surface area (Å²) in [7, 11) is 0. The minimum absolute atomic E-state index is 0.759. The summed E-state index contributed by atoms with van der Waals surface area (Å²) in [6.07, 6.45) is 5.56. The molecule has 1 aromatic heterocycles. The first-order valence-corrected chi connectivity index (χ1v) is 8.45. The number of rotatable bonds is 4. The van der Waals surface area contributed by atoms with Gasteiger partial charge in [-0.25, -0.2) is 0 Å². The van der Waals surface area contributed by atoms with Gasteiger partial charge in [-0.2, -0.15) is 0 Å². The zero-order chi connectivity index (χ0) is 13.1. The summed E-state index contributed by atoms with van der Waals surface area (Å²) in [4.78, 5) is 0. The van der Waals surface area contributed by atoms with Crippen molar-refractivity contribution in [1.29, 1.82) is 0 Å². The molecule has 3 rings (SSSR count). The standard InChI is InChI=1S/C17H23NS/c1-2-18-12-14-6-3-4-8-15(14)16-9-5-7-13-10-11-19-17(13)16/h5,7,9-11,14-15,18H,2-4,6,8,12H2,1H3. The van der Waals surface area contributed by atoms with Crippen molar-refractivity contribution in [3.05, 3.63) is 35.2 Å². The Morgan fingerprint density at radius 1 is 1.21 bits per heavy atom. The summed E-state index contributed by atoms with van der Waals surface area (Å²) in [6, 6.07) is 9.11. The van der Waals surface area contributed by atoms with Gasteiger partial charge < -0.3 is 5.32 Å². The van der Waals surface area contributed by atoms with E-state index in [2.05, 4.69) is 41.9 Å². The molecule has 0 saturated heterocycles. The summed E-state index contributed by atoms with van der Waals surface area (Å²) in [5, 5.41) is 7.22. The highest BCUT2D eigenvalue weighted by Crippen LogP contribution is 2.41. The van der Waals surface area contributed by atoms with E-state index in [0.29, 0.717) is 0 Å². The van der Waals surface area contributed by atoms with E-state index < -0.39 is 0 Å². The van der Waals surface area contributed by atoms with E-state index in [9.17, 15) is 0 Å². The van der Waals surface area contributed by atoms with E-state index in [1.165, 1.54) is 42.3 Å². The zero-order valence-corrected chi connectivity index (χ0v) is 12.5. The van der Waals surface area contributed by atoms with Crippen LogP contribution in [0.4, 0.5) is 0 Å². The molecule has 2 atom stereocenters. The minimum atomic E-state index is 0.759. The van der Waals surface area contributed by atoms with Crippen LogP contribution in [0.3, 0.4) is 0 Å². The third kappa shape index (κ3) is 2.70. The molecule has 1 fully saturated rings. The number of hydrogen-bond acceptors (Lipinski definition) is 2. The first kappa shape index (κ1) is 13.1. The molecule has 0 radical (unpaired) electrons. The topological polar surface area (TPSA) is 12.0 Å². The Hall–Kier alpha value is -0.860. The Bertz CT molecular complexity index is 531. The van der Waals surface area contributed by atoms with Crippen molar-refractivity contribution in [3.8, 4) is 0 Å². The molecule has 1 aromatic carbocycles. The smallest absolute Gasteiger partial charge is 0.0377 e. The molecule has 0 amide bonds. The molecule has 2 unspecified atom stereocenters. The predicted octanol–water partition coefficient (Wildman–Crippen LogP) is 4.78. The van der Waals surface area contributed by atoms with E-state index in [-0.39, 0.29) is 0 Å². The van der Waals surface area contributed by atoms with Crippen LogP contribution in [0.5, 0.6) is 0 Å². The van der Waals surface area contributed by atoms with Crippen LogP contribution in [0, 0.1) is 5.92 Å². The van der Waals surface area contributed by atoms with Crippen LogP contribution in [0.2, 0.25) is 0 Å². The van der Waals surface area contributed by atoms with Gasteiger partial charge in [0.15, 0.2) is 0 Å². The van der Waals surface area contributed by atoms with Crippen LogP contribution in [-0.4, -0.2) is 13.1 Å². The number of benzene rings is 1. The van der Waals surface area contributed by atoms with Gasteiger partial charge in [0.2, 0.25) is 0 Å². The number of hydrogen-bond donors (Lipinski definition) is 1. The molecule has 0 aliphatic heterocycles. The second-order valence-corrected chi connectivity index (χ2v) is 6.56. The van der Waals surface area contributed by atoms with Gasteiger partial charge in [0.1, 0.15) is 0 Å². The minimum Gasteiger partial charge on any atom is -0.317 e. The number of thiophene rings is 1. The van der Waals surface area contributed by atoms with Gasteiger partial charge in [-0.1, -0.05) is 38.0 Å². The summed E-state index contributed by atoms with van der Waals surface area (Å²) in [5.74, 6) is 1.58. The van der Waals surface area contributed by atoms with Crippen molar-refractivity contribution < 1.29 is 0 Å². The molecule has 1 N–H and O–H groups in total. The van der Waals surface area contributed by atoms with E-state index in [4.69, 9.17) is 0 Å². The lowest BCUT2D eigenvalue weighted by atomic mass is 9.75. The fourth-order valence-corrected chi connectivity index (χ4v) is 4.48. The van der Waals surface area contributed by atoms with Crippen LogP contribution >= 0.6 is 11.3 Å². The normalized spacial score (nSPS) is 23.8. The summed E-state index contributed by atoms with van der Waals surface area (Å²) >= 11 is 1.91. The molecule has 1 aliphatic carbocycles. The first-order chi connectivity index (χ1) is 9.40. The second kappa shape index (κ2) is 6.06.